The van der Waals surface area contributed by atoms with Crippen molar-refractivity contribution in [2.45, 2.75) is 65.5 Å². The Hall–Kier alpha value is -1.06. The smallest absolute Gasteiger partial charge is 0.309 e. The first-order valence-corrected chi connectivity index (χ1v) is 6.87. The van der Waals surface area contributed by atoms with Gasteiger partial charge in [-0.2, -0.15) is 0 Å². The molecule has 1 aliphatic carbocycles. The van der Waals surface area contributed by atoms with Crippen LogP contribution in [0.4, 0.5) is 4.79 Å². The SMILES string of the molecule is CC1CC(C)(C)CC2(C1)C(=N)NC(=O)N2C(C)C. The van der Waals surface area contributed by atoms with Crippen molar-refractivity contribution in [1.29, 1.82) is 5.41 Å². The van der Waals surface area contributed by atoms with Gasteiger partial charge in [0.2, 0.25) is 0 Å². The third kappa shape index (κ3) is 1.91. The van der Waals surface area contributed by atoms with Gasteiger partial charge in [0.05, 0.1) is 0 Å². The molecule has 18 heavy (non-hydrogen) atoms. The zero-order valence-corrected chi connectivity index (χ0v) is 12.1. The normalized spacial score (nSPS) is 35.4. The summed E-state index contributed by atoms with van der Waals surface area (Å²) < 4.78 is 0. The summed E-state index contributed by atoms with van der Waals surface area (Å²) in [5, 5.41) is 11.0. The average Bonchev–Trinajstić information content (AvgIpc) is 2.33. The molecule has 102 valence electrons. The monoisotopic (exact) mass is 251 g/mol. The van der Waals surface area contributed by atoms with Crippen LogP contribution in [0.1, 0.15) is 53.9 Å². The zero-order valence-electron chi connectivity index (χ0n) is 12.1. The maximum absolute atomic E-state index is 12.1. The Labute approximate surface area is 110 Å². The number of urea groups is 1. The molecule has 0 aromatic carbocycles. The molecule has 2 N–H and O–H groups in total. The second-order valence-corrected chi connectivity index (χ2v) is 7.15. The lowest BCUT2D eigenvalue weighted by Gasteiger charge is -2.49. The van der Waals surface area contributed by atoms with Gasteiger partial charge in [0.25, 0.3) is 0 Å². The van der Waals surface area contributed by atoms with Crippen molar-refractivity contribution < 1.29 is 4.79 Å². The van der Waals surface area contributed by atoms with Crippen molar-refractivity contribution in [1.82, 2.24) is 10.2 Å². The lowest BCUT2D eigenvalue weighted by Crippen LogP contribution is -2.57. The van der Waals surface area contributed by atoms with Gasteiger partial charge in [0, 0.05) is 6.04 Å². The summed E-state index contributed by atoms with van der Waals surface area (Å²) in [6.45, 7) is 10.8. The minimum atomic E-state index is -0.396. The molecule has 4 nitrogen and oxygen atoms in total. The van der Waals surface area contributed by atoms with E-state index in [2.05, 4.69) is 26.1 Å². The molecule has 0 radical (unpaired) electrons. The van der Waals surface area contributed by atoms with Crippen LogP contribution in [0.25, 0.3) is 0 Å². The van der Waals surface area contributed by atoms with Gasteiger partial charge in [0.1, 0.15) is 11.4 Å². The maximum Gasteiger partial charge on any atom is 0.323 e. The molecule has 2 rings (SSSR count). The number of rotatable bonds is 1. The molecular weight excluding hydrogens is 226 g/mol. The molecule has 0 aromatic rings. The van der Waals surface area contributed by atoms with Crippen LogP contribution in [-0.2, 0) is 0 Å². The van der Waals surface area contributed by atoms with Crippen LogP contribution in [0.15, 0.2) is 0 Å². The lowest BCUT2D eigenvalue weighted by atomic mass is 9.63. The molecule has 1 saturated carbocycles. The van der Waals surface area contributed by atoms with Gasteiger partial charge >= 0.3 is 6.03 Å². The molecule has 1 spiro atoms. The van der Waals surface area contributed by atoms with Gasteiger partial charge in [-0.05, 0) is 44.4 Å². The largest absolute Gasteiger partial charge is 0.323 e. The van der Waals surface area contributed by atoms with E-state index in [0.717, 1.165) is 12.8 Å². The van der Waals surface area contributed by atoms with Crippen molar-refractivity contribution >= 4 is 11.9 Å². The second-order valence-electron chi connectivity index (χ2n) is 7.15. The van der Waals surface area contributed by atoms with Crippen LogP contribution in [-0.4, -0.2) is 28.3 Å². The van der Waals surface area contributed by atoms with Gasteiger partial charge < -0.3 is 4.90 Å². The summed E-state index contributed by atoms with van der Waals surface area (Å²) in [6.07, 6.45) is 2.97. The van der Waals surface area contributed by atoms with E-state index in [1.54, 1.807) is 0 Å². The summed E-state index contributed by atoms with van der Waals surface area (Å²) >= 11 is 0. The average molecular weight is 251 g/mol. The molecule has 4 heteroatoms. The van der Waals surface area contributed by atoms with Crippen molar-refractivity contribution in [3.05, 3.63) is 0 Å². The van der Waals surface area contributed by atoms with Crippen LogP contribution in [0.3, 0.4) is 0 Å². The predicted molar refractivity (Wildman–Crippen MR) is 72.8 cm³/mol. The first-order valence-electron chi connectivity index (χ1n) is 6.87. The number of amides is 2. The Morgan fingerprint density at radius 1 is 1.39 bits per heavy atom. The molecule has 1 heterocycles. The fourth-order valence-corrected chi connectivity index (χ4v) is 4.23. The van der Waals surface area contributed by atoms with E-state index in [4.69, 9.17) is 5.41 Å². The van der Waals surface area contributed by atoms with Crippen molar-refractivity contribution in [3.63, 3.8) is 0 Å². The number of amidine groups is 1. The number of nitrogens with zero attached hydrogens (tertiary/aromatic N) is 1. The predicted octanol–water partition coefficient (Wildman–Crippen LogP) is 2.98. The molecule has 1 aliphatic heterocycles. The van der Waals surface area contributed by atoms with E-state index >= 15 is 0 Å². The molecule has 2 aliphatic rings. The minimum absolute atomic E-state index is 0.0973. The highest BCUT2D eigenvalue weighted by molar-refractivity contribution is 6.08. The van der Waals surface area contributed by atoms with Crippen LogP contribution in [0, 0.1) is 16.7 Å². The highest BCUT2D eigenvalue weighted by atomic mass is 16.2. The molecule has 2 fully saturated rings. The molecule has 1 saturated heterocycles. The van der Waals surface area contributed by atoms with Gasteiger partial charge in [0.15, 0.2) is 0 Å². The van der Waals surface area contributed by atoms with Crippen LogP contribution < -0.4 is 5.32 Å². The molecule has 0 aromatic heterocycles. The fraction of sp³-hybridized carbons (Fsp3) is 0.857. The van der Waals surface area contributed by atoms with E-state index in [1.807, 2.05) is 18.7 Å². The molecular formula is C14H25N3O. The van der Waals surface area contributed by atoms with Gasteiger partial charge in [-0.25, -0.2) is 4.79 Å². The van der Waals surface area contributed by atoms with Crippen LogP contribution in [0.5, 0.6) is 0 Å². The number of nitrogens with one attached hydrogen (secondary N) is 2. The van der Waals surface area contributed by atoms with Crippen molar-refractivity contribution in [3.8, 4) is 0 Å². The Kier molecular flexibility index (Phi) is 2.95. The van der Waals surface area contributed by atoms with Crippen molar-refractivity contribution in [2.75, 3.05) is 0 Å². The number of carbonyl (C=O) groups excluding carboxylic acids is 1. The third-order valence-corrected chi connectivity index (χ3v) is 4.25. The standard InChI is InChI=1S/C14H25N3O/c1-9(2)17-12(18)16-11(15)14(17)7-10(3)6-13(4,5)8-14/h9-10H,6-8H2,1-5H3,(H2,15,16,18). The topological polar surface area (TPSA) is 56.2 Å². The number of carbonyl (C=O) groups is 1. The number of hydrogen-bond donors (Lipinski definition) is 2. The van der Waals surface area contributed by atoms with E-state index < -0.39 is 5.54 Å². The highest BCUT2D eigenvalue weighted by Crippen LogP contribution is 2.48. The van der Waals surface area contributed by atoms with Crippen molar-refractivity contribution in [2.24, 2.45) is 11.3 Å². The summed E-state index contributed by atoms with van der Waals surface area (Å²) in [4.78, 5) is 14.0. The summed E-state index contributed by atoms with van der Waals surface area (Å²) in [5.74, 6) is 0.948. The molecule has 2 atom stereocenters. The summed E-state index contributed by atoms with van der Waals surface area (Å²) in [5.41, 5.74) is -0.212. The molecule has 2 unspecified atom stereocenters. The van der Waals surface area contributed by atoms with Gasteiger partial charge in [-0.3, -0.25) is 10.7 Å². The van der Waals surface area contributed by atoms with E-state index in [-0.39, 0.29) is 17.5 Å². The Bertz CT molecular complexity index is 389. The quantitative estimate of drug-likeness (QED) is 0.739. The van der Waals surface area contributed by atoms with Crippen LogP contribution >= 0.6 is 0 Å². The maximum atomic E-state index is 12.1. The lowest BCUT2D eigenvalue weighted by molar-refractivity contribution is 0.0470. The van der Waals surface area contributed by atoms with E-state index in [1.165, 1.54) is 6.42 Å². The molecule has 2 amide bonds. The van der Waals surface area contributed by atoms with Gasteiger partial charge in [-0.1, -0.05) is 20.8 Å². The highest BCUT2D eigenvalue weighted by Gasteiger charge is 2.56. The summed E-state index contributed by atoms with van der Waals surface area (Å²) in [7, 11) is 0. The minimum Gasteiger partial charge on any atom is -0.309 e. The molecule has 0 bridgehead atoms. The van der Waals surface area contributed by atoms with E-state index in [0.29, 0.717) is 11.8 Å². The Balaban J connectivity index is 2.43. The zero-order chi connectivity index (χ0) is 13.7. The first kappa shape index (κ1) is 13.4. The summed E-state index contributed by atoms with van der Waals surface area (Å²) in [6, 6.07) is 0.0360. The Morgan fingerprint density at radius 3 is 2.50 bits per heavy atom. The van der Waals surface area contributed by atoms with E-state index in [9.17, 15) is 4.79 Å². The first-order chi connectivity index (χ1) is 8.18. The third-order valence-electron chi connectivity index (χ3n) is 4.25. The van der Waals surface area contributed by atoms with Gasteiger partial charge in [-0.15, -0.1) is 0 Å². The van der Waals surface area contributed by atoms with Crippen LogP contribution in [0.2, 0.25) is 0 Å². The second kappa shape index (κ2) is 3.97. The number of hydrogen-bond acceptors (Lipinski definition) is 2. The fourth-order valence-electron chi connectivity index (χ4n) is 4.23. The Morgan fingerprint density at radius 2 is 2.00 bits per heavy atom.